The quantitative estimate of drug-likeness (QED) is 0.807. The van der Waals surface area contributed by atoms with Gasteiger partial charge in [-0.1, -0.05) is 20.3 Å². The number of hydrogen-bond donors (Lipinski definition) is 0. The van der Waals surface area contributed by atoms with E-state index in [0.717, 1.165) is 57.8 Å². The lowest BCUT2D eigenvalue weighted by Gasteiger charge is -2.33. The maximum atomic E-state index is 8.91. The van der Waals surface area contributed by atoms with Gasteiger partial charge in [-0.2, -0.15) is 5.26 Å². The Labute approximate surface area is 126 Å². The zero-order valence-electron chi connectivity index (χ0n) is 12.6. The fraction of sp³-hybridized carbons (Fsp3) is 0.733. The van der Waals surface area contributed by atoms with Crippen LogP contribution in [0.2, 0.25) is 0 Å². The number of aromatic nitrogens is 1. The number of rotatable bonds is 6. The van der Waals surface area contributed by atoms with Crippen molar-refractivity contribution in [2.24, 2.45) is 0 Å². The van der Waals surface area contributed by atoms with Gasteiger partial charge in [0.1, 0.15) is 5.01 Å². The number of piperazine rings is 1. The topological polar surface area (TPSA) is 43.2 Å². The number of likely N-dealkylation sites (N-methyl/N-ethyl adjacent to an activating group) is 1. The molecule has 0 N–H and O–H groups in total. The third-order valence-electron chi connectivity index (χ3n) is 3.82. The minimum atomic E-state index is 0.511. The molecule has 0 atom stereocenters. The van der Waals surface area contributed by atoms with E-state index in [2.05, 4.69) is 29.7 Å². The first kappa shape index (κ1) is 15.4. The molecular formula is C15H24N4S. The summed E-state index contributed by atoms with van der Waals surface area (Å²) in [6.07, 6.45) is 2.60. The van der Waals surface area contributed by atoms with Crippen LogP contribution < -0.4 is 0 Å². The van der Waals surface area contributed by atoms with Crippen LogP contribution in [0.25, 0.3) is 0 Å². The highest BCUT2D eigenvalue weighted by Gasteiger charge is 2.18. The van der Waals surface area contributed by atoms with Crippen molar-refractivity contribution in [1.82, 2.24) is 14.8 Å². The molecule has 1 fully saturated rings. The van der Waals surface area contributed by atoms with E-state index in [-0.39, 0.29) is 0 Å². The van der Waals surface area contributed by atoms with E-state index in [1.165, 1.54) is 9.88 Å². The molecule has 110 valence electrons. The molecule has 0 aliphatic carbocycles. The molecule has 1 saturated heterocycles. The molecule has 0 bridgehead atoms. The highest BCUT2D eigenvalue weighted by Crippen LogP contribution is 2.22. The van der Waals surface area contributed by atoms with Crippen molar-refractivity contribution in [3.05, 3.63) is 15.6 Å². The summed E-state index contributed by atoms with van der Waals surface area (Å²) in [7, 11) is 0. The van der Waals surface area contributed by atoms with Crippen LogP contribution in [0.1, 0.15) is 35.8 Å². The molecule has 0 saturated carbocycles. The van der Waals surface area contributed by atoms with Crippen LogP contribution in [0.4, 0.5) is 0 Å². The molecule has 0 aromatic carbocycles. The SMILES string of the molecule is CCCc1nc(CN2CCN(CC)CC2)sc1CC#N. The van der Waals surface area contributed by atoms with Gasteiger partial charge in [0.25, 0.3) is 0 Å². The summed E-state index contributed by atoms with van der Waals surface area (Å²) in [6.45, 7) is 11.1. The first-order valence-electron chi connectivity index (χ1n) is 7.55. The molecule has 2 rings (SSSR count). The maximum absolute atomic E-state index is 8.91. The summed E-state index contributed by atoms with van der Waals surface area (Å²) < 4.78 is 0. The van der Waals surface area contributed by atoms with E-state index in [4.69, 9.17) is 10.2 Å². The molecule has 0 amide bonds. The fourth-order valence-electron chi connectivity index (χ4n) is 2.60. The standard InChI is InChI=1S/C15H24N4S/c1-3-5-13-14(6-7-16)20-15(17-13)12-19-10-8-18(4-2)9-11-19/h3-6,8-12H2,1-2H3. The second kappa shape index (κ2) is 7.72. The Morgan fingerprint density at radius 3 is 2.50 bits per heavy atom. The van der Waals surface area contributed by atoms with Gasteiger partial charge in [0.2, 0.25) is 0 Å². The van der Waals surface area contributed by atoms with Crippen molar-refractivity contribution < 1.29 is 0 Å². The molecule has 0 radical (unpaired) electrons. The molecule has 1 aliphatic rings. The fourth-order valence-corrected chi connectivity index (χ4v) is 3.69. The van der Waals surface area contributed by atoms with Crippen molar-refractivity contribution in [2.45, 2.75) is 39.7 Å². The van der Waals surface area contributed by atoms with Gasteiger partial charge < -0.3 is 4.90 Å². The summed E-state index contributed by atoms with van der Waals surface area (Å²) in [5, 5.41) is 10.1. The minimum absolute atomic E-state index is 0.511. The van der Waals surface area contributed by atoms with Gasteiger partial charge in [-0.25, -0.2) is 4.98 Å². The van der Waals surface area contributed by atoms with Gasteiger partial charge in [-0.3, -0.25) is 4.90 Å². The van der Waals surface area contributed by atoms with Gasteiger partial charge in [-0.15, -0.1) is 11.3 Å². The Bertz CT molecular complexity index is 455. The smallest absolute Gasteiger partial charge is 0.107 e. The third-order valence-corrected chi connectivity index (χ3v) is 4.90. The molecule has 2 heterocycles. The molecule has 0 unspecified atom stereocenters. The van der Waals surface area contributed by atoms with E-state index in [1.54, 1.807) is 11.3 Å². The third kappa shape index (κ3) is 4.02. The van der Waals surface area contributed by atoms with Gasteiger partial charge in [0.15, 0.2) is 0 Å². The number of nitriles is 1. The van der Waals surface area contributed by atoms with Crippen molar-refractivity contribution in [1.29, 1.82) is 5.26 Å². The second-order valence-electron chi connectivity index (χ2n) is 5.27. The average molecular weight is 292 g/mol. The predicted octanol–water partition coefficient (Wildman–Crippen LogP) is 2.30. The van der Waals surface area contributed by atoms with Crippen LogP contribution in [-0.4, -0.2) is 47.5 Å². The van der Waals surface area contributed by atoms with Crippen LogP contribution in [0.5, 0.6) is 0 Å². The lowest BCUT2D eigenvalue weighted by atomic mass is 10.2. The summed E-state index contributed by atoms with van der Waals surface area (Å²) in [5.41, 5.74) is 1.15. The minimum Gasteiger partial charge on any atom is -0.301 e. The monoisotopic (exact) mass is 292 g/mol. The van der Waals surface area contributed by atoms with E-state index in [1.807, 2.05) is 0 Å². The number of nitrogens with zero attached hydrogens (tertiary/aromatic N) is 4. The Kier molecular flexibility index (Phi) is 5.96. The lowest BCUT2D eigenvalue weighted by molar-refractivity contribution is 0.132. The zero-order chi connectivity index (χ0) is 14.4. The van der Waals surface area contributed by atoms with Gasteiger partial charge in [0, 0.05) is 31.1 Å². The lowest BCUT2D eigenvalue weighted by Crippen LogP contribution is -2.45. The van der Waals surface area contributed by atoms with Crippen LogP contribution in [0, 0.1) is 11.3 Å². The Morgan fingerprint density at radius 2 is 1.90 bits per heavy atom. The van der Waals surface area contributed by atoms with Crippen molar-refractivity contribution in [2.75, 3.05) is 32.7 Å². The van der Waals surface area contributed by atoms with E-state index >= 15 is 0 Å². The van der Waals surface area contributed by atoms with Crippen molar-refractivity contribution in [3.63, 3.8) is 0 Å². The highest BCUT2D eigenvalue weighted by molar-refractivity contribution is 7.11. The van der Waals surface area contributed by atoms with Crippen LogP contribution in [0.3, 0.4) is 0 Å². The normalized spacial score (nSPS) is 17.2. The van der Waals surface area contributed by atoms with Gasteiger partial charge >= 0.3 is 0 Å². The van der Waals surface area contributed by atoms with Crippen LogP contribution >= 0.6 is 11.3 Å². The van der Waals surface area contributed by atoms with Crippen LogP contribution in [0.15, 0.2) is 0 Å². The number of hydrogen-bond acceptors (Lipinski definition) is 5. The van der Waals surface area contributed by atoms with Gasteiger partial charge in [0.05, 0.1) is 24.7 Å². The second-order valence-corrected chi connectivity index (χ2v) is 6.44. The predicted molar refractivity (Wildman–Crippen MR) is 82.8 cm³/mol. The molecule has 20 heavy (non-hydrogen) atoms. The summed E-state index contributed by atoms with van der Waals surface area (Å²) >= 11 is 1.74. The van der Waals surface area contributed by atoms with Crippen LogP contribution in [-0.2, 0) is 19.4 Å². The molecule has 5 heteroatoms. The molecule has 1 aliphatic heterocycles. The first-order chi connectivity index (χ1) is 9.76. The van der Waals surface area contributed by atoms with E-state index < -0.39 is 0 Å². The highest BCUT2D eigenvalue weighted by atomic mass is 32.1. The molecule has 0 spiro atoms. The first-order valence-corrected chi connectivity index (χ1v) is 8.37. The van der Waals surface area contributed by atoms with E-state index in [9.17, 15) is 0 Å². The zero-order valence-corrected chi connectivity index (χ0v) is 13.4. The largest absolute Gasteiger partial charge is 0.301 e. The average Bonchev–Trinajstić information content (AvgIpc) is 2.82. The molecule has 1 aromatic heterocycles. The summed E-state index contributed by atoms with van der Waals surface area (Å²) in [5.74, 6) is 0. The summed E-state index contributed by atoms with van der Waals surface area (Å²) in [6, 6.07) is 2.26. The number of thiazole rings is 1. The van der Waals surface area contributed by atoms with E-state index in [0.29, 0.717) is 6.42 Å². The Hall–Kier alpha value is -0.960. The number of aryl methyl sites for hydroxylation is 1. The molecular weight excluding hydrogens is 268 g/mol. The molecule has 4 nitrogen and oxygen atoms in total. The van der Waals surface area contributed by atoms with Crippen molar-refractivity contribution in [3.8, 4) is 6.07 Å². The Balaban J connectivity index is 1.96. The Morgan fingerprint density at radius 1 is 1.20 bits per heavy atom. The summed E-state index contributed by atoms with van der Waals surface area (Å²) in [4.78, 5) is 10.9. The van der Waals surface area contributed by atoms with Crippen molar-refractivity contribution >= 4 is 11.3 Å². The maximum Gasteiger partial charge on any atom is 0.107 e. The molecule has 1 aromatic rings. The van der Waals surface area contributed by atoms with Gasteiger partial charge in [-0.05, 0) is 13.0 Å².